The van der Waals surface area contributed by atoms with E-state index >= 15 is 0 Å². The monoisotopic (exact) mass is 393 g/mol. The van der Waals surface area contributed by atoms with Gasteiger partial charge in [0.25, 0.3) is 0 Å². The number of hydrogen-bond donors (Lipinski definition) is 1. The van der Waals surface area contributed by atoms with Gasteiger partial charge in [-0.05, 0) is 40.0 Å². The summed E-state index contributed by atoms with van der Waals surface area (Å²) in [6.45, 7) is 2.49. The van der Waals surface area contributed by atoms with Crippen molar-refractivity contribution in [2.24, 2.45) is 0 Å². The Morgan fingerprint density at radius 2 is 2.20 bits per heavy atom. The van der Waals surface area contributed by atoms with Gasteiger partial charge in [-0.3, -0.25) is 9.88 Å². The zero-order chi connectivity index (χ0) is 14.5. The average molecular weight is 393 g/mol. The van der Waals surface area contributed by atoms with Gasteiger partial charge < -0.3 is 10.1 Å². The van der Waals surface area contributed by atoms with Crippen molar-refractivity contribution >= 4 is 22.6 Å². The molecule has 1 atom stereocenters. The molecule has 2 rings (SSSR count). The van der Waals surface area contributed by atoms with Gasteiger partial charge in [-0.2, -0.15) is 0 Å². The smallest absolute Gasteiger partial charge is 0.145 e. The molecule has 1 aliphatic heterocycles. The fourth-order valence-electron chi connectivity index (χ4n) is 2.26. The van der Waals surface area contributed by atoms with Gasteiger partial charge >= 0.3 is 0 Å². The van der Waals surface area contributed by atoms with Gasteiger partial charge in [0.2, 0.25) is 0 Å². The second-order valence-corrected chi connectivity index (χ2v) is 6.71. The Morgan fingerprint density at radius 1 is 1.50 bits per heavy atom. The highest BCUT2D eigenvalue weighted by Gasteiger charge is 2.21. The van der Waals surface area contributed by atoms with Crippen molar-refractivity contribution in [2.75, 3.05) is 33.8 Å². The maximum Gasteiger partial charge on any atom is 0.145 e. The molecule has 0 bridgehead atoms. The summed E-state index contributed by atoms with van der Waals surface area (Å²) in [7, 11) is 4.00. The van der Waals surface area contributed by atoms with Crippen LogP contribution in [0.15, 0.2) is 12.3 Å². The third-order valence-corrected chi connectivity index (χ3v) is 4.98. The van der Waals surface area contributed by atoms with Crippen molar-refractivity contribution in [2.45, 2.75) is 22.8 Å². The number of rotatable bonds is 5. The van der Waals surface area contributed by atoms with Crippen LogP contribution in [-0.2, 0) is 0 Å². The van der Waals surface area contributed by atoms with Crippen molar-refractivity contribution in [3.63, 3.8) is 0 Å². The first kappa shape index (κ1) is 15.9. The number of nitrogens with one attached hydrogen (secondary N) is 1. The van der Waals surface area contributed by atoms with Gasteiger partial charge in [-0.1, -0.05) is 22.6 Å². The van der Waals surface area contributed by atoms with Crippen LogP contribution in [0.2, 0.25) is 0 Å². The average Bonchev–Trinajstić information content (AvgIpc) is 2.45. The van der Waals surface area contributed by atoms with Crippen LogP contribution in [-0.4, -0.2) is 47.7 Å². The molecule has 1 aromatic rings. The third-order valence-electron chi connectivity index (χ3n) is 3.51. The molecule has 0 aliphatic carbocycles. The largest absolute Gasteiger partial charge is 0.489 e. The zero-order valence-electron chi connectivity index (χ0n) is 11.9. The van der Waals surface area contributed by atoms with Crippen LogP contribution in [0, 0.1) is 5.82 Å². The summed E-state index contributed by atoms with van der Waals surface area (Å²) in [5, 5.41) is 3.33. The summed E-state index contributed by atoms with van der Waals surface area (Å²) in [4.78, 5) is 6.35. The van der Waals surface area contributed by atoms with Crippen LogP contribution in [0.25, 0.3) is 0 Å². The molecule has 2 heterocycles. The quantitative estimate of drug-likeness (QED) is 0.474. The van der Waals surface area contributed by atoms with E-state index in [0.29, 0.717) is 18.3 Å². The van der Waals surface area contributed by atoms with Gasteiger partial charge in [0.05, 0.1) is 15.9 Å². The molecule has 1 saturated heterocycles. The molecule has 1 N–H and O–H groups in total. The first-order chi connectivity index (χ1) is 9.58. The van der Waals surface area contributed by atoms with Gasteiger partial charge in [-0.15, -0.1) is 0 Å². The summed E-state index contributed by atoms with van der Waals surface area (Å²) in [6.07, 6.45) is 3.34. The molecule has 4 nitrogen and oxygen atoms in total. The van der Waals surface area contributed by atoms with E-state index in [1.807, 2.05) is 14.1 Å². The van der Waals surface area contributed by atoms with Crippen LogP contribution in [0.3, 0.4) is 0 Å². The van der Waals surface area contributed by atoms with Gasteiger partial charge in [0.1, 0.15) is 18.2 Å². The summed E-state index contributed by atoms with van der Waals surface area (Å²) in [5.41, 5.74) is 0.898. The molecule has 1 aromatic heterocycles. The maximum atomic E-state index is 13.4. The highest BCUT2D eigenvalue weighted by Crippen LogP contribution is 2.31. The van der Waals surface area contributed by atoms with E-state index in [9.17, 15) is 4.39 Å². The molecule has 20 heavy (non-hydrogen) atoms. The summed E-state index contributed by atoms with van der Waals surface area (Å²) in [6, 6.07) is 1.46. The van der Waals surface area contributed by atoms with Crippen LogP contribution >= 0.6 is 22.6 Å². The Labute approximate surface area is 133 Å². The minimum atomic E-state index is -0.340. The van der Waals surface area contributed by atoms with E-state index in [1.54, 1.807) is 0 Å². The molecule has 0 radical (unpaired) electrons. The zero-order valence-corrected chi connectivity index (χ0v) is 14.1. The number of ether oxygens (including phenoxy) is 1. The fourth-order valence-corrected chi connectivity index (χ4v) is 2.44. The topological polar surface area (TPSA) is 37.4 Å². The Hall–Kier alpha value is -0.470. The van der Waals surface area contributed by atoms with Gasteiger partial charge in [0, 0.05) is 12.0 Å². The molecule has 0 amide bonds. The number of piperidine rings is 1. The molecule has 112 valence electrons. The standard InChI is InChI=1S/C14H21FIN3O/c1-19(2)13(16)9-20-12-7-11(15)8-18-14(12)10-3-5-17-6-4-10/h7-8,10,13,17H,3-6,9H2,1-2H3/t13-/m0/s1. The number of nitrogens with zero attached hydrogens (tertiary/aromatic N) is 2. The molecular weight excluding hydrogens is 372 g/mol. The summed E-state index contributed by atoms with van der Waals surface area (Å²) >= 11 is 2.31. The van der Waals surface area contributed by atoms with Crippen LogP contribution in [0.1, 0.15) is 24.5 Å². The molecule has 6 heteroatoms. The van der Waals surface area contributed by atoms with Gasteiger partial charge in [-0.25, -0.2) is 4.39 Å². The molecule has 1 aliphatic rings. The lowest BCUT2D eigenvalue weighted by Gasteiger charge is -2.25. The fraction of sp³-hybridized carbons (Fsp3) is 0.643. The van der Waals surface area contributed by atoms with Crippen molar-refractivity contribution in [1.29, 1.82) is 0 Å². The number of alkyl halides is 1. The lowest BCUT2D eigenvalue weighted by Crippen LogP contribution is -2.29. The molecule has 1 fully saturated rings. The minimum Gasteiger partial charge on any atom is -0.489 e. The second kappa shape index (κ2) is 7.51. The lowest BCUT2D eigenvalue weighted by atomic mass is 9.93. The first-order valence-corrected chi connectivity index (χ1v) is 8.12. The van der Waals surface area contributed by atoms with E-state index in [0.717, 1.165) is 31.6 Å². The third kappa shape index (κ3) is 4.26. The maximum absolute atomic E-state index is 13.4. The Kier molecular flexibility index (Phi) is 5.98. The van der Waals surface area contributed by atoms with Crippen LogP contribution in [0.4, 0.5) is 4.39 Å². The molecule has 0 aromatic carbocycles. The molecule has 0 unspecified atom stereocenters. The second-order valence-electron chi connectivity index (χ2n) is 5.27. The van der Waals surface area contributed by atoms with Gasteiger partial charge in [0.15, 0.2) is 0 Å². The Bertz CT molecular complexity index is 438. The number of aromatic nitrogens is 1. The SMILES string of the molecule is CN(C)[C@H](I)COc1cc(F)cnc1C1CCNCC1. The van der Waals surface area contributed by atoms with E-state index in [-0.39, 0.29) is 9.87 Å². The van der Waals surface area contributed by atoms with Crippen molar-refractivity contribution in [3.05, 3.63) is 23.8 Å². The van der Waals surface area contributed by atoms with Crippen LogP contribution < -0.4 is 10.1 Å². The number of likely N-dealkylation sites (N-methyl/N-ethyl adjacent to an activating group) is 1. The number of pyridine rings is 1. The Morgan fingerprint density at radius 3 is 2.85 bits per heavy atom. The summed E-state index contributed by atoms with van der Waals surface area (Å²) in [5.74, 6) is 0.617. The molecule has 0 saturated carbocycles. The highest BCUT2D eigenvalue weighted by atomic mass is 127. The normalized spacial score (nSPS) is 18.2. The van der Waals surface area contributed by atoms with Crippen molar-refractivity contribution < 1.29 is 9.13 Å². The van der Waals surface area contributed by atoms with E-state index in [2.05, 4.69) is 37.8 Å². The lowest BCUT2D eigenvalue weighted by molar-refractivity contribution is 0.244. The number of halogens is 2. The van der Waals surface area contributed by atoms with Crippen molar-refractivity contribution in [1.82, 2.24) is 15.2 Å². The predicted molar refractivity (Wildman–Crippen MR) is 86.0 cm³/mol. The molecular formula is C14H21FIN3O. The van der Waals surface area contributed by atoms with E-state index in [4.69, 9.17) is 4.74 Å². The number of hydrogen-bond acceptors (Lipinski definition) is 4. The van der Waals surface area contributed by atoms with E-state index < -0.39 is 0 Å². The predicted octanol–water partition coefficient (Wildman–Crippen LogP) is 2.39. The van der Waals surface area contributed by atoms with E-state index in [1.165, 1.54) is 12.3 Å². The highest BCUT2D eigenvalue weighted by molar-refractivity contribution is 14.1. The summed E-state index contributed by atoms with van der Waals surface area (Å²) < 4.78 is 19.5. The minimum absolute atomic E-state index is 0.247. The van der Waals surface area contributed by atoms with Crippen molar-refractivity contribution in [3.8, 4) is 5.75 Å². The molecule has 0 spiro atoms. The first-order valence-electron chi connectivity index (χ1n) is 6.87. The van der Waals surface area contributed by atoms with Crippen LogP contribution in [0.5, 0.6) is 5.75 Å². The Balaban J connectivity index is 2.11.